The van der Waals surface area contributed by atoms with E-state index in [1.165, 1.54) is 103 Å². The molecule has 0 spiro atoms. The van der Waals surface area contributed by atoms with Crippen LogP contribution in [0.2, 0.25) is 0 Å². The Morgan fingerprint density at radius 2 is 0.765 bits per heavy atom. The summed E-state index contributed by atoms with van der Waals surface area (Å²) in [6.45, 7) is 3.70. The number of unbranched alkanes of at least 4 members (excludes halogenated alkanes) is 20. The molecule has 81 heavy (non-hydrogen) atoms. The second kappa shape index (κ2) is 59.2. The second-order valence-electron chi connectivity index (χ2n) is 21.8. The van der Waals surface area contributed by atoms with Crippen molar-refractivity contribution in [2.75, 3.05) is 13.2 Å². The lowest BCUT2D eigenvalue weighted by atomic mass is 9.99. The molecule has 7 atom stereocenters. The molecule has 6 N–H and O–H groups in total. The molecular weight excluding hydrogens is 1010 g/mol. The van der Waals surface area contributed by atoms with Gasteiger partial charge < -0.3 is 40.3 Å². The summed E-state index contributed by atoms with van der Waals surface area (Å²) >= 11 is 0. The van der Waals surface area contributed by atoms with Crippen molar-refractivity contribution in [3.63, 3.8) is 0 Å². The Balaban J connectivity index is 2.21. The van der Waals surface area contributed by atoms with E-state index in [2.05, 4.69) is 165 Å². The van der Waals surface area contributed by atoms with Crippen molar-refractivity contribution in [1.82, 2.24) is 5.32 Å². The Bertz CT molecular complexity index is 1780. The molecule has 1 fully saturated rings. The molecule has 0 saturated carbocycles. The molecule has 0 aliphatic carbocycles. The number of ether oxygens (including phenoxy) is 2. The summed E-state index contributed by atoms with van der Waals surface area (Å²) in [5.41, 5.74) is 0. The Kier molecular flexibility index (Phi) is 54.9. The van der Waals surface area contributed by atoms with E-state index in [1.807, 2.05) is 0 Å². The molecule has 0 aromatic rings. The first-order valence-electron chi connectivity index (χ1n) is 32.5. The summed E-state index contributed by atoms with van der Waals surface area (Å²) in [6, 6.07) is -0.754. The van der Waals surface area contributed by atoms with Crippen LogP contribution in [0.15, 0.2) is 146 Å². The predicted molar refractivity (Wildman–Crippen MR) is 345 cm³/mol. The molecule has 1 rings (SSSR count). The average molecular weight is 1130 g/mol. The maximum Gasteiger partial charge on any atom is 0.220 e. The van der Waals surface area contributed by atoms with Crippen LogP contribution in [0.4, 0.5) is 0 Å². The normalized spacial score (nSPS) is 19.4. The number of carbonyl (C=O) groups is 1. The number of amides is 1. The van der Waals surface area contributed by atoms with Crippen LogP contribution in [0.1, 0.15) is 245 Å². The van der Waals surface area contributed by atoms with Gasteiger partial charge in [0.1, 0.15) is 24.4 Å². The summed E-state index contributed by atoms with van der Waals surface area (Å²) in [6.07, 6.45) is 84.6. The quantitative estimate of drug-likeness (QED) is 0.0261. The fraction of sp³-hybridized carbons (Fsp3) is 0.653. The van der Waals surface area contributed by atoms with Gasteiger partial charge in [0, 0.05) is 6.42 Å². The van der Waals surface area contributed by atoms with Crippen LogP contribution in [0.5, 0.6) is 0 Å². The standard InChI is InChI=1S/C72H119NO8/c1-3-5-7-9-11-13-15-17-19-21-23-24-25-26-27-28-29-30-31-32-33-34-35-36-37-38-39-40-41-42-44-46-48-50-52-54-56-58-60-62-68(76)73-65(64-80-72-71(79)70(78)69(77)67(63-74)81-72)66(75)61-59-57-55-53-51-49-47-45-43-22-20-18-16-14-12-10-8-6-4-2/h5,7,11,13,17,19,23-24,26-27,29-30,32-33,35-36,38-39,41-42,46,48,52,54,65-67,69-72,74-75,77-79H,3-4,6,8-10,12,14-16,18,20-22,25,28,31,34,37,40,43-45,47,49-51,53,55-64H2,1-2H3,(H,73,76)/b7-5-,13-11-,19-17-,24-23-,27-26-,30-29-,33-32-,36-35-,39-38-,42-41-,48-46-,54-52-. The van der Waals surface area contributed by atoms with E-state index in [4.69, 9.17) is 9.47 Å². The molecule has 1 saturated heterocycles. The minimum Gasteiger partial charge on any atom is -0.394 e. The Morgan fingerprint density at radius 3 is 1.11 bits per heavy atom. The van der Waals surface area contributed by atoms with Crippen molar-refractivity contribution in [3.8, 4) is 0 Å². The third-order valence-corrected chi connectivity index (χ3v) is 14.5. The summed E-state index contributed by atoms with van der Waals surface area (Å²) in [5.74, 6) is -0.190. The maximum absolute atomic E-state index is 13.1. The van der Waals surface area contributed by atoms with Crippen LogP contribution in [0.25, 0.3) is 0 Å². The molecule has 1 heterocycles. The maximum atomic E-state index is 13.1. The van der Waals surface area contributed by atoms with E-state index in [9.17, 15) is 30.3 Å². The molecule has 1 amide bonds. The van der Waals surface area contributed by atoms with Crippen molar-refractivity contribution < 1.29 is 39.8 Å². The highest BCUT2D eigenvalue weighted by atomic mass is 16.7. The zero-order chi connectivity index (χ0) is 58.6. The molecule has 460 valence electrons. The van der Waals surface area contributed by atoms with Crippen LogP contribution in [-0.4, -0.2) is 87.5 Å². The second-order valence-corrected chi connectivity index (χ2v) is 21.8. The van der Waals surface area contributed by atoms with Crippen molar-refractivity contribution in [3.05, 3.63) is 146 Å². The van der Waals surface area contributed by atoms with E-state index in [-0.39, 0.29) is 12.5 Å². The topological polar surface area (TPSA) is 149 Å². The number of nitrogens with one attached hydrogen (secondary N) is 1. The van der Waals surface area contributed by atoms with Gasteiger partial charge in [-0.05, 0) is 103 Å². The largest absolute Gasteiger partial charge is 0.394 e. The van der Waals surface area contributed by atoms with Gasteiger partial charge in [0.2, 0.25) is 5.91 Å². The number of aliphatic hydroxyl groups is 5. The first-order valence-corrected chi connectivity index (χ1v) is 32.5. The fourth-order valence-electron chi connectivity index (χ4n) is 9.38. The first kappa shape index (κ1) is 75.1. The van der Waals surface area contributed by atoms with Crippen LogP contribution in [0.3, 0.4) is 0 Å². The molecule has 0 bridgehead atoms. The highest BCUT2D eigenvalue weighted by molar-refractivity contribution is 5.76. The Morgan fingerprint density at radius 1 is 0.432 bits per heavy atom. The molecule has 0 aromatic carbocycles. The molecule has 1 aliphatic heterocycles. The molecule has 0 aromatic heterocycles. The smallest absolute Gasteiger partial charge is 0.220 e. The van der Waals surface area contributed by atoms with E-state index in [1.54, 1.807) is 0 Å². The van der Waals surface area contributed by atoms with E-state index < -0.39 is 49.5 Å². The van der Waals surface area contributed by atoms with Crippen LogP contribution < -0.4 is 5.32 Å². The van der Waals surface area contributed by atoms with Gasteiger partial charge in [0.25, 0.3) is 0 Å². The van der Waals surface area contributed by atoms with Gasteiger partial charge in [-0.2, -0.15) is 0 Å². The fourth-order valence-corrected chi connectivity index (χ4v) is 9.38. The number of aliphatic hydroxyl groups excluding tert-OH is 5. The monoisotopic (exact) mass is 1130 g/mol. The summed E-state index contributed by atoms with van der Waals surface area (Å²) in [7, 11) is 0. The zero-order valence-electron chi connectivity index (χ0n) is 51.2. The summed E-state index contributed by atoms with van der Waals surface area (Å²) in [5, 5.41) is 54.7. The van der Waals surface area contributed by atoms with Crippen molar-refractivity contribution >= 4 is 5.91 Å². The molecule has 9 nitrogen and oxygen atoms in total. The van der Waals surface area contributed by atoms with Crippen molar-refractivity contribution in [2.24, 2.45) is 0 Å². The van der Waals surface area contributed by atoms with Gasteiger partial charge in [-0.25, -0.2) is 0 Å². The van der Waals surface area contributed by atoms with Crippen LogP contribution in [0, 0.1) is 0 Å². The van der Waals surface area contributed by atoms with Gasteiger partial charge in [-0.1, -0.05) is 282 Å². The molecule has 1 aliphatic rings. The predicted octanol–water partition coefficient (Wildman–Crippen LogP) is 17.4. The van der Waals surface area contributed by atoms with Gasteiger partial charge in [-0.3, -0.25) is 4.79 Å². The van der Waals surface area contributed by atoms with Crippen molar-refractivity contribution in [1.29, 1.82) is 0 Å². The Labute approximate surface area is 495 Å². The third kappa shape index (κ3) is 48.2. The molecule has 9 heteroatoms. The number of carbonyl (C=O) groups excluding carboxylic acids is 1. The molecular formula is C72H119NO8. The van der Waals surface area contributed by atoms with Gasteiger partial charge in [-0.15, -0.1) is 0 Å². The van der Waals surface area contributed by atoms with Crippen LogP contribution in [-0.2, 0) is 14.3 Å². The van der Waals surface area contributed by atoms with Crippen LogP contribution >= 0.6 is 0 Å². The van der Waals surface area contributed by atoms with E-state index in [0.29, 0.717) is 19.3 Å². The molecule has 7 unspecified atom stereocenters. The highest BCUT2D eigenvalue weighted by Gasteiger charge is 2.44. The average Bonchev–Trinajstić information content (AvgIpc) is 3.48. The number of rotatable bonds is 54. The number of hydrogen-bond acceptors (Lipinski definition) is 8. The minimum absolute atomic E-state index is 0.164. The van der Waals surface area contributed by atoms with Crippen molar-refractivity contribution in [2.45, 2.75) is 288 Å². The SMILES string of the molecule is CC/C=C\C/C=C\C/C=C\C/C=C\C/C=C\C/C=C\C/C=C\C/C=C\C/C=C\C/C=C\C/C=C\C/C=C\CCCCC(=O)NC(COC1OC(CO)C(O)C(O)C1O)C(O)CCCCCCCCCCCCCCCCCCCCC. The molecule has 0 radical (unpaired) electrons. The van der Waals surface area contributed by atoms with E-state index >= 15 is 0 Å². The van der Waals surface area contributed by atoms with E-state index in [0.717, 1.165) is 109 Å². The Hall–Kier alpha value is -3.93. The van der Waals surface area contributed by atoms with Gasteiger partial charge in [0.15, 0.2) is 6.29 Å². The summed E-state index contributed by atoms with van der Waals surface area (Å²) in [4.78, 5) is 13.1. The van der Waals surface area contributed by atoms with Gasteiger partial charge >= 0.3 is 0 Å². The number of allylic oxidation sites excluding steroid dienone is 24. The van der Waals surface area contributed by atoms with Gasteiger partial charge in [0.05, 0.1) is 25.4 Å². The summed E-state index contributed by atoms with van der Waals surface area (Å²) < 4.78 is 11.3. The first-order chi connectivity index (χ1) is 39.8. The lowest BCUT2D eigenvalue weighted by molar-refractivity contribution is -0.302. The zero-order valence-corrected chi connectivity index (χ0v) is 51.2. The highest BCUT2D eigenvalue weighted by Crippen LogP contribution is 2.23. The lowest BCUT2D eigenvalue weighted by Gasteiger charge is -2.40. The third-order valence-electron chi connectivity index (χ3n) is 14.5. The minimum atomic E-state index is -1.57. The number of hydrogen-bond donors (Lipinski definition) is 6. The lowest BCUT2D eigenvalue weighted by Crippen LogP contribution is -2.60.